The summed E-state index contributed by atoms with van der Waals surface area (Å²) in [5.41, 5.74) is 4.11. The maximum absolute atomic E-state index is 13.5. The molecule has 1 fully saturated rings. The number of methoxy groups -OCH3 is 1. The molecule has 216 valence electrons. The quantitative estimate of drug-likeness (QED) is 0.238. The van der Waals surface area contributed by atoms with E-state index < -0.39 is 18.0 Å². The molecule has 1 aromatic heterocycles. The van der Waals surface area contributed by atoms with Crippen LogP contribution in [0.3, 0.4) is 0 Å². The Bertz CT molecular complexity index is 1440. The molecular weight excluding hydrogens is 520 g/mol. The number of para-hydroxylation sites is 1. The van der Waals surface area contributed by atoms with E-state index in [4.69, 9.17) is 9.47 Å². The number of hydrogen-bond acceptors (Lipinski definition) is 7. The zero-order chi connectivity index (χ0) is 28.9. The van der Waals surface area contributed by atoms with E-state index >= 15 is 0 Å². The fraction of sp³-hybridized carbons (Fsp3) is 0.406. The van der Waals surface area contributed by atoms with Crippen LogP contribution in [0.25, 0.3) is 17.0 Å². The second-order valence-electron chi connectivity index (χ2n) is 10.8. The molecule has 9 nitrogen and oxygen atoms in total. The highest BCUT2D eigenvalue weighted by atomic mass is 16.5. The number of piperazine rings is 1. The number of rotatable bonds is 8. The maximum Gasteiger partial charge on any atom is 0.328 e. The van der Waals surface area contributed by atoms with E-state index in [2.05, 4.69) is 33.5 Å². The number of hydrogen-bond donors (Lipinski definition) is 0. The van der Waals surface area contributed by atoms with Crippen LogP contribution in [0, 0.1) is 0 Å². The van der Waals surface area contributed by atoms with Crippen LogP contribution in [-0.4, -0.2) is 90.0 Å². The van der Waals surface area contributed by atoms with Crippen molar-refractivity contribution < 1.29 is 23.9 Å². The van der Waals surface area contributed by atoms with Crippen molar-refractivity contribution in [2.24, 2.45) is 0 Å². The molecule has 1 amide bonds. The van der Waals surface area contributed by atoms with Crippen LogP contribution < -0.4 is 4.74 Å². The van der Waals surface area contributed by atoms with Gasteiger partial charge >= 0.3 is 11.9 Å². The first-order valence-electron chi connectivity index (χ1n) is 14.2. The molecule has 0 bridgehead atoms. The first-order valence-corrected chi connectivity index (χ1v) is 14.2. The number of likely N-dealkylation sites (N-methyl/N-ethyl adjacent to an activating group) is 1. The van der Waals surface area contributed by atoms with Crippen LogP contribution >= 0.6 is 0 Å². The lowest BCUT2D eigenvalue weighted by Crippen LogP contribution is -2.49. The van der Waals surface area contributed by atoms with Gasteiger partial charge in [-0.15, -0.1) is 0 Å². The number of fused-ring (bicyclic) bond motifs is 3. The van der Waals surface area contributed by atoms with E-state index in [-0.39, 0.29) is 5.91 Å². The standard InChI is InChI=1S/C32H38N4O5/c1-23(37)41-25-12-9-24(10-13-25)11-14-31(38)36-22-30-27(21-29(36)32(39)40-3)26-7-4-5-8-28(26)35(30)16-6-15-34-19-17-33(2)18-20-34/h4-5,7-14,29H,6,15-22H2,1-3H3/b14-11-/t29-/m0/s1. The first kappa shape index (κ1) is 28.6. The van der Waals surface area contributed by atoms with Crippen molar-refractivity contribution in [2.75, 3.05) is 46.9 Å². The lowest BCUT2D eigenvalue weighted by atomic mass is 9.96. The molecule has 1 atom stereocenters. The highest BCUT2D eigenvalue weighted by Gasteiger charge is 2.37. The van der Waals surface area contributed by atoms with Crippen LogP contribution in [0.1, 0.15) is 30.2 Å². The Morgan fingerprint density at radius 3 is 2.41 bits per heavy atom. The van der Waals surface area contributed by atoms with Gasteiger partial charge in [0.05, 0.1) is 13.7 Å². The van der Waals surface area contributed by atoms with Gasteiger partial charge in [0.1, 0.15) is 11.8 Å². The third-order valence-electron chi connectivity index (χ3n) is 8.06. The second kappa shape index (κ2) is 12.7. The Balaban J connectivity index is 1.38. The Hall–Kier alpha value is -3.95. The molecule has 3 heterocycles. The van der Waals surface area contributed by atoms with E-state index in [1.165, 1.54) is 20.1 Å². The fourth-order valence-corrected chi connectivity index (χ4v) is 5.85. The zero-order valence-corrected chi connectivity index (χ0v) is 24.0. The van der Waals surface area contributed by atoms with Crippen molar-refractivity contribution in [3.05, 3.63) is 71.4 Å². The lowest BCUT2D eigenvalue weighted by molar-refractivity contribution is -0.152. The monoisotopic (exact) mass is 558 g/mol. The van der Waals surface area contributed by atoms with Gasteiger partial charge in [0.15, 0.2) is 0 Å². The van der Waals surface area contributed by atoms with Crippen LogP contribution in [0.15, 0.2) is 54.6 Å². The molecule has 1 saturated heterocycles. The molecule has 0 unspecified atom stereocenters. The van der Waals surface area contributed by atoms with Crippen molar-refractivity contribution in [1.82, 2.24) is 19.3 Å². The number of carbonyl (C=O) groups is 3. The van der Waals surface area contributed by atoms with E-state index in [1.54, 1.807) is 35.2 Å². The van der Waals surface area contributed by atoms with E-state index in [0.29, 0.717) is 18.7 Å². The Morgan fingerprint density at radius 1 is 0.976 bits per heavy atom. The summed E-state index contributed by atoms with van der Waals surface area (Å²) < 4.78 is 12.6. The largest absolute Gasteiger partial charge is 0.467 e. The van der Waals surface area contributed by atoms with Crippen LogP contribution in [0.4, 0.5) is 0 Å². The predicted octanol–water partition coefficient (Wildman–Crippen LogP) is 3.34. The molecule has 9 heteroatoms. The SMILES string of the molecule is COC(=O)[C@@H]1Cc2c(n(CCCN3CCN(C)CC3)c3ccccc23)CN1C(=O)/C=C\c1ccc(OC(C)=O)cc1. The van der Waals surface area contributed by atoms with Gasteiger partial charge in [0.25, 0.3) is 0 Å². The highest BCUT2D eigenvalue weighted by Crippen LogP contribution is 2.34. The summed E-state index contributed by atoms with van der Waals surface area (Å²) in [6.07, 6.45) is 4.61. The molecule has 5 rings (SSSR count). The summed E-state index contributed by atoms with van der Waals surface area (Å²) in [6.45, 7) is 7.91. The minimum atomic E-state index is -0.708. The molecule has 41 heavy (non-hydrogen) atoms. The molecular formula is C32H38N4O5. The van der Waals surface area contributed by atoms with Crippen LogP contribution in [0.5, 0.6) is 5.75 Å². The van der Waals surface area contributed by atoms with E-state index in [1.807, 2.05) is 12.1 Å². The van der Waals surface area contributed by atoms with E-state index in [9.17, 15) is 14.4 Å². The normalized spacial score (nSPS) is 18.0. The first-order chi connectivity index (χ1) is 19.8. The number of ether oxygens (including phenoxy) is 2. The Labute approximate surface area is 240 Å². The summed E-state index contributed by atoms with van der Waals surface area (Å²) >= 11 is 0. The third-order valence-corrected chi connectivity index (χ3v) is 8.06. The van der Waals surface area contributed by atoms with Crippen molar-refractivity contribution in [2.45, 2.75) is 38.9 Å². The fourth-order valence-electron chi connectivity index (χ4n) is 5.85. The molecule has 3 aromatic rings. The van der Waals surface area contributed by atoms with Gasteiger partial charge in [-0.3, -0.25) is 9.59 Å². The van der Waals surface area contributed by atoms with Gasteiger partial charge < -0.3 is 28.7 Å². The van der Waals surface area contributed by atoms with Crippen molar-refractivity contribution in [3.63, 3.8) is 0 Å². The summed E-state index contributed by atoms with van der Waals surface area (Å²) in [4.78, 5) is 44.1. The van der Waals surface area contributed by atoms with Gasteiger partial charge in [-0.25, -0.2) is 4.79 Å². The van der Waals surface area contributed by atoms with Crippen molar-refractivity contribution in [3.8, 4) is 5.75 Å². The molecule has 0 spiro atoms. The van der Waals surface area contributed by atoms with E-state index in [0.717, 1.165) is 73.4 Å². The molecule has 0 N–H and O–H groups in total. The van der Waals surface area contributed by atoms with Gasteiger partial charge in [-0.05, 0) is 55.4 Å². The number of nitrogens with zero attached hydrogens (tertiary/aromatic N) is 4. The number of aryl methyl sites for hydroxylation is 1. The topological polar surface area (TPSA) is 84.3 Å². The maximum atomic E-state index is 13.5. The van der Waals surface area contributed by atoms with Crippen LogP contribution in [0.2, 0.25) is 0 Å². The Kier molecular flexibility index (Phi) is 8.85. The second-order valence-corrected chi connectivity index (χ2v) is 10.8. The Morgan fingerprint density at radius 2 is 1.71 bits per heavy atom. The smallest absolute Gasteiger partial charge is 0.328 e. The zero-order valence-electron chi connectivity index (χ0n) is 24.0. The molecule has 2 aromatic carbocycles. The van der Waals surface area contributed by atoms with Crippen LogP contribution in [-0.2, 0) is 38.6 Å². The number of amides is 1. The van der Waals surface area contributed by atoms with Gasteiger partial charge in [0.2, 0.25) is 5.91 Å². The molecule has 2 aliphatic rings. The minimum absolute atomic E-state index is 0.260. The molecule has 0 aliphatic carbocycles. The number of carbonyl (C=O) groups excluding carboxylic acids is 3. The number of esters is 2. The average Bonchev–Trinajstić information content (AvgIpc) is 3.29. The summed E-state index contributed by atoms with van der Waals surface area (Å²) in [7, 11) is 3.53. The lowest BCUT2D eigenvalue weighted by Gasteiger charge is -2.34. The third kappa shape index (κ3) is 6.52. The van der Waals surface area contributed by atoms with Crippen molar-refractivity contribution >= 4 is 34.8 Å². The molecule has 0 radical (unpaired) electrons. The predicted molar refractivity (Wildman–Crippen MR) is 157 cm³/mol. The van der Waals surface area contributed by atoms with Crippen molar-refractivity contribution in [1.29, 1.82) is 0 Å². The average molecular weight is 559 g/mol. The minimum Gasteiger partial charge on any atom is -0.467 e. The summed E-state index contributed by atoms with van der Waals surface area (Å²) in [5, 5.41) is 1.13. The molecule has 0 saturated carbocycles. The highest BCUT2D eigenvalue weighted by molar-refractivity contribution is 5.96. The number of aromatic nitrogens is 1. The van der Waals surface area contributed by atoms with Gasteiger partial charge in [0, 0.05) is 68.7 Å². The van der Waals surface area contributed by atoms with Gasteiger partial charge in [-0.2, -0.15) is 0 Å². The van der Waals surface area contributed by atoms with Gasteiger partial charge in [-0.1, -0.05) is 30.3 Å². The summed E-state index contributed by atoms with van der Waals surface area (Å²) in [5.74, 6) is -0.631. The summed E-state index contributed by atoms with van der Waals surface area (Å²) in [6, 6.07) is 14.5. The molecule has 2 aliphatic heterocycles. The number of benzene rings is 2.